The van der Waals surface area contributed by atoms with E-state index in [1.54, 1.807) is 25.5 Å². The molecule has 5 nitrogen and oxygen atoms in total. The van der Waals surface area contributed by atoms with Crippen LogP contribution in [0.2, 0.25) is 0 Å². The number of likely N-dealkylation sites (N-methyl/N-ethyl adjacent to an activating group) is 1. The summed E-state index contributed by atoms with van der Waals surface area (Å²) in [6.45, 7) is 2.40. The molecule has 0 fully saturated rings. The average Bonchev–Trinajstić information content (AvgIpc) is 2.72. The van der Waals surface area contributed by atoms with Gasteiger partial charge in [-0.25, -0.2) is 0 Å². The van der Waals surface area contributed by atoms with Crippen LogP contribution in [0.3, 0.4) is 0 Å². The van der Waals surface area contributed by atoms with Crippen LogP contribution in [0.1, 0.15) is 16.6 Å². The number of hydrogen-bond donors (Lipinski definition) is 2. The van der Waals surface area contributed by atoms with E-state index < -0.39 is 5.60 Å². The minimum absolute atomic E-state index is 0.192. The van der Waals surface area contributed by atoms with E-state index in [-0.39, 0.29) is 12.5 Å². The van der Waals surface area contributed by atoms with Gasteiger partial charge in [0.2, 0.25) is 0 Å². The zero-order chi connectivity index (χ0) is 13.8. The number of nitrogens with zero attached hydrogens (tertiary/aromatic N) is 1. The molecule has 0 radical (unpaired) electrons. The molecule has 18 heavy (non-hydrogen) atoms. The lowest BCUT2D eigenvalue weighted by Crippen LogP contribution is -2.47. The topological polar surface area (TPSA) is 61.8 Å². The van der Waals surface area contributed by atoms with E-state index in [4.69, 9.17) is 4.74 Å². The molecule has 1 heterocycles. The second kappa shape index (κ2) is 6.17. The molecule has 0 aromatic carbocycles. The molecule has 1 aromatic rings. The summed E-state index contributed by atoms with van der Waals surface area (Å²) in [6, 6.07) is 1.68. The Hall–Kier alpha value is -1.11. The van der Waals surface area contributed by atoms with Gasteiger partial charge in [-0.15, -0.1) is 11.3 Å². The lowest BCUT2D eigenvalue weighted by atomic mass is 10.1. The number of aliphatic hydroxyl groups is 1. The Kier molecular flexibility index (Phi) is 5.13. The summed E-state index contributed by atoms with van der Waals surface area (Å²) in [5.41, 5.74) is -0.944. The number of amides is 1. The van der Waals surface area contributed by atoms with Crippen LogP contribution in [0, 0.1) is 0 Å². The number of methoxy groups -OCH3 is 1. The molecule has 1 atom stereocenters. The summed E-state index contributed by atoms with van der Waals surface area (Å²) >= 11 is 1.32. The SMILES string of the molecule is COc1csc(C(=O)NCC(C)(O)CN(C)C)c1. The van der Waals surface area contributed by atoms with E-state index >= 15 is 0 Å². The van der Waals surface area contributed by atoms with E-state index in [2.05, 4.69) is 5.32 Å². The van der Waals surface area contributed by atoms with Crippen LogP contribution in [0.5, 0.6) is 5.75 Å². The largest absolute Gasteiger partial charge is 0.496 e. The number of carbonyl (C=O) groups is 1. The normalized spacial score (nSPS) is 14.3. The van der Waals surface area contributed by atoms with Crippen LogP contribution in [-0.4, -0.2) is 55.8 Å². The van der Waals surface area contributed by atoms with Gasteiger partial charge in [0.1, 0.15) is 5.75 Å². The summed E-state index contributed by atoms with van der Waals surface area (Å²) in [6.07, 6.45) is 0. The van der Waals surface area contributed by atoms with E-state index in [0.29, 0.717) is 17.2 Å². The van der Waals surface area contributed by atoms with E-state index in [0.717, 1.165) is 0 Å². The molecule has 0 saturated carbocycles. The highest BCUT2D eigenvalue weighted by Crippen LogP contribution is 2.20. The van der Waals surface area contributed by atoms with Gasteiger partial charge in [-0.3, -0.25) is 4.79 Å². The molecule has 1 unspecified atom stereocenters. The first-order valence-electron chi connectivity index (χ1n) is 5.62. The molecule has 0 bridgehead atoms. The van der Waals surface area contributed by atoms with Crippen LogP contribution in [0.4, 0.5) is 0 Å². The van der Waals surface area contributed by atoms with Crippen LogP contribution in [0.25, 0.3) is 0 Å². The summed E-state index contributed by atoms with van der Waals surface area (Å²) in [7, 11) is 5.31. The minimum atomic E-state index is -0.944. The first-order chi connectivity index (χ1) is 8.34. The Morgan fingerprint density at radius 3 is 2.78 bits per heavy atom. The smallest absolute Gasteiger partial charge is 0.261 e. The molecule has 2 N–H and O–H groups in total. The Labute approximate surface area is 111 Å². The number of hydrogen-bond acceptors (Lipinski definition) is 5. The van der Waals surface area contributed by atoms with Crippen molar-refractivity contribution in [1.82, 2.24) is 10.2 Å². The zero-order valence-corrected chi connectivity index (χ0v) is 12.0. The third-order valence-corrected chi connectivity index (χ3v) is 3.23. The monoisotopic (exact) mass is 272 g/mol. The van der Waals surface area contributed by atoms with Crippen LogP contribution < -0.4 is 10.1 Å². The zero-order valence-electron chi connectivity index (χ0n) is 11.2. The molecule has 6 heteroatoms. The number of nitrogens with one attached hydrogen (secondary N) is 1. The van der Waals surface area contributed by atoms with E-state index in [9.17, 15) is 9.90 Å². The molecule has 1 aromatic heterocycles. The van der Waals surface area contributed by atoms with Crippen molar-refractivity contribution < 1.29 is 14.6 Å². The predicted molar refractivity (Wildman–Crippen MR) is 72.4 cm³/mol. The van der Waals surface area contributed by atoms with Crippen molar-refractivity contribution in [3.63, 3.8) is 0 Å². The maximum absolute atomic E-state index is 11.8. The van der Waals surface area contributed by atoms with Gasteiger partial charge in [-0.05, 0) is 21.0 Å². The molecule has 1 rings (SSSR count). The minimum Gasteiger partial charge on any atom is -0.496 e. The average molecular weight is 272 g/mol. The lowest BCUT2D eigenvalue weighted by Gasteiger charge is -2.26. The molecule has 0 aliphatic rings. The Morgan fingerprint density at radius 1 is 1.61 bits per heavy atom. The van der Waals surface area contributed by atoms with Crippen LogP contribution >= 0.6 is 11.3 Å². The molecule has 0 saturated heterocycles. The van der Waals surface area contributed by atoms with Crippen molar-refractivity contribution in [2.45, 2.75) is 12.5 Å². The molecule has 102 valence electrons. The van der Waals surface area contributed by atoms with Crippen molar-refractivity contribution in [2.24, 2.45) is 0 Å². The molecule has 0 spiro atoms. The third kappa shape index (κ3) is 4.64. The summed E-state index contributed by atoms with van der Waals surface area (Å²) in [4.78, 5) is 14.3. The van der Waals surface area contributed by atoms with Gasteiger partial charge in [0, 0.05) is 24.5 Å². The Balaban J connectivity index is 2.50. The van der Waals surface area contributed by atoms with Crippen molar-refractivity contribution in [1.29, 1.82) is 0 Å². The van der Waals surface area contributed by atoms with Gasteiger partial charge < -0.3 is 20.1 Å². The van der Waals surface area contributed by atoms with Gasteiger partial charge in [0.15, 0.2) is 0 Å². The quantitative estimate of drug-likeness (QED) is 0.804. The number of thiophene rings is 1. The Bertz CT molecular complexity index is 402. The molecule has 1 amide bonds. The summed E-state index contributed by atoms with van der Waals surface area (Å²) in [5, 5.41) is 14.5. The van der Waals surface area contributed by atoms with E-state index in [1.807, 2.05) is 19.0 Å². The molecular weight excluding hydrogens is 252 g/mol. The molecule has 0 aliphatic carbocycles. The number of rotatable bonds is 6. The van der Waals surface area contributed by atoms with Gasteiger partial charge in [0.05, 0.1) is 17.6 Å². The second-order valence-electron chi connectivity index (χ2n) is 4.77. The van der Waals surface area contributed by atoms with Gasteiger partial charge in [0.25, 0.3) is 5.91 Å². The van der Waals surface area contributed by atoms with Crippen molar-refractivity contribution in [3.05, 3.63) is 16.3 Å². The predicted octanol–water partition coefficient (Wildman–Crippen LogP) is 0.799. The second-order valence-corrected chi connectivity index (χ2v) is 5.68. The lowest BCUT2D eigenvalue weighted by molar-refractivity contribution is 0.0326. The summed E-state index contributed by atoms with van der Waals surface area (Å²) < 4.78 is 5.02. The standard InChI is InChI=1S/C12H20N2O3S/c1-12(16,8-14(2)3)7-13-11(15)10-5-9(17-4)6-18-10/h5-6,16H,7-8H2,1-4H3,(H,13,15). The maximum Gasteiger partial charge on any atom is 0.261 e. The fraction of sp³-hybridized carbons (Fsp3) is 0.583. The van der Waals surface area contributed by atoms with Gasteiger partial charge >= 0.3 is 0 Å². The first kappa shape index (κ1) is 14.9. The van der Waals surface area contributed by atoms with E-state index in [1.165, 1.54) is 11.3 Å². The van der Waals surface area contributed by atoms with Crippen LogP contribution in [-0.2, 0) is 0 Å². The molecular formula is C12H20N2O3S. The van der Waals surface area contributed by atoms with Gasteiger partial charge in [-0.1, -0.05) is 0 Å². The van der Waals surface area contributed by atoms with Gasteiger partial charge in [-0.2, -0.15) is 0 Å². The van der Waals surface area contributed by atoms with Crippen molar-refractivity contribution in [3.8, 4) is 5.75 Å². The first-order valence-corrected chi connectivity index (χ1v) is 6.50. The van der Waals surface area contributed by atoms with Crippen LogP contribution in [0.15, 0.2) is 11.4 Å². The third-order valence-electron chi connectivity index (χ3n) is 2.32. The highest BCUT2D eigenvalue weighted by molar-refractivity contribution is 7.12. The fourth-order valence-electron chi connectivity index (χ4n) is 1.64. The van der Waals surface area contributed by atoms with Crippen molar-refractivity contribution >= 4 is 17.2 Å². The highest BCUT2D eigenvalue weighted by Gasteiger charge is 2.22. The summed E-state index contributed by atoms with van der Waals surface area (Å²) in [5.74, 6) is 0.479. The number of ether oxygens (including phenoxy) is 1. The number of carbonyl (C=O) groups excluding carboxylic acids is 1. The fourth-order valence-corrected chi connectivity index (χ4v) is 2.41. The Morgan fingerprint density at radius 2 is 2.28 bits per heavy atom. The maximum atomic E-state index is 11.8. The van der Waals surface area contributed by atoms with Crippen molar-refractivity contribution in [2.75, 3.05) is 34.3 Å². The molecule has 0 aliphatic heterocycles. The highest BCUT2D eigenvalue weighted by atomic mass is 32.1.